The van der Waals surface area contributed by atoms with E-state index in [0.717, 1.165) is 49.2 Å². The van der Waals surface area contributed by atoms with Crippen LogP contribution in [-0.2, 0) is 0 Å². The van der Waals surface area contributed by atoms with Crippen molar-refractivity contribution in [2.75, 3.05) is 11.9 Å². The summed E-state index contributed by atoms with van der Waals surface area (Å²) < 4.78 is 4.83. The predicted molar refractivity (Wildman–Crippen MR) is 137 cm³/mol. The number of aliphatic hydroxyl groups is 1. The number of hydrogen-bond donors (Lipinski definition) is 2. The molecule has 0 bridgehead atoms. The molecule has 2 aromatic rings. The average Bonchev–Trinajstić information content (AvgIpc) is 3.47. The van der Waals surface area contributed by atoms with Crippen LogP contribution >= 0.6 is 0 Å². The number of hydrogen-bond acceptors (Lipinski definition) is 7. The van der Waals surface area contributed by atoms with Crippen molar-refractivity contribution in [3.8, 4) is 0 Å². The zero-order chi connectivity index (χ0) is 25.2. The van der Waals surface area contributed by atoms with Gasteiger partial charge < -0.3 is 10.4 Å². The second-order valence-electron chi connectivity index (χ2n) is 12.6. The van der Waals surface area contributed by atoms with Crippen molar-refractivity contribution in [3.63, 3.8) is 0 Å². The zero-order valence-corrected chi connectivity index (χ0v) is 21.6. The molecule has 0 saturated heterocycles. The number of rotatable bonds is 5. The Morgan fingerprint density at radius 1 is 1.17 bits per heavy atom. The Kier molecular flexibility index (Phi) is 5.67. The standard InChI is InChI=1S/C28H38N4O4/c1-16(15-29-23-8-9-24(32(34)35)26-25(23)30-36-31-26)20-6-7-21-19-5-4-17-14-18(33)10-12-27(17,2)22(19)11-13-28(20,21)3/h4,8-9,16,18-22,29,33H,5-7,10-15H2,1-3H3/t16?,18-,19-,20+,21-,22-,27-,28+/m0/s1. The maximum Gasteiger partial charge on any atom is 0.300 e. The number of aromatic nitrogens is 2. The molecule has 0 radical (unpaired) electrons. The van der Waals surface area contributed by atoms with Crippen LogP contribution < -0.4 is 5.32 Å². The molecule has 0 spiro atoms. The number of aliphatic hydroxyl groups excluding tert-OH is 1. The Hall–Kier alpha value is -2.48. The summed E-state index contributed by atoms with van der Waals surface area (Å²) in [5.41, 5.74) is 3.43. The molecule has 36 heavy (non-hydrogen) atoms. The summed E-state index contributed by atoms with van der Waals surface area (Å²) in [5.74, 6) is 3.38. The van der Waals surface area contributed by atoms with Gasteiger partial charge in [0, 0.05) is 12.6 Å². The first kappa shape index (κ1) is 23.9. The van der Waals surface area contributed by atoms with E-state index in [4.69, 9.17) is 4.63 Å². The number of non-ortho nitro benzene ring substituents is 1. The highest BCUT2D eigenvalue weighted by Crippen LogP contribution is 2.67. The first-order valence-electron chi connectivity index (χ1n) is 13.7. The Morgan fingerprint density at radius 2 is 1.97 bits per heavy atom. The summed E-state index contributed by atoms with van der Waals surface area (Å²) in [6.07, 6.45) is 11.7. The number of benzene rings is 1. The van der Waals surface area contributed by atoms with E-state index in [0.29, 0.717) is 22.8 Å². The molecule has 0 aliphatic heterocycles. The number of nitro benzene ring substituents is 1. The number of allylic oxidation sites excluding steroid dienone is 1. The molecule has 4 aliphatic rings. The fraction of sp³-hybridized carbons (Fsp3) is 0.714. The van der Waals surface area contributed by atoms with Crippen LogP contribution in [0.2, 0.25) is 0 Å². The van der Waals surface area contributed by atoms with E-state index in [9.17, 15) is 15.2 Å². The topological polar surface area (TPSA) is 114 Å². The quantitative estimate of drug-likeness (QED) is 0.292. The van der Waals surface area contributed by atoms with Gasteiger partial charge in [0.25, 0.3) is 0 Å². The largest absolute Gasteiger partial charge is 0.393 e. The van der Waals surface area contributed by atoms with Gasteiger partial charge in [-0.1, -0.05) is 32.4 Å². The summed E-state index contributed by atoms with van der Waals surface area (Å²) in [7, 11) is 0. The zero-order valence-electron chi connectivity index (χ0n) is 21.6. The van der Waals surface area contributed by atoms with E-state index in [1.54, 1.807) is 6.07 Å². The molecule has 6 rings (SSSR count). The lowest BCUT2D eigenvalue weighted by molar-refractivity contribution is -0.383. The normalized spacial score (nSPS) is 38.6. The molecule has 8 nitrogen and oxygen atoms in total. The predicted octanol–water partition coefficient (Wildman–Crippen LogP) is 6.12. The minimum Gasteiger partial charge on any atom is -0.393 e. The lowest BCUT2D eigenvalue weighted by Crippen LogP contribution is -2.51. The Bertz CT molecular complexity index is 1210. The molecule has 8 atom stereocenters. The third-order valence-corrected chi connectivity index (χ3v) is 11.0. The maximum atomic E-state index is 11.3. The number of nitro groups is 1. The van der Waals surface area contributed by atoms with E-state index in [-0.39, 0.29) is 22.7 Å². The van der Waals surface area contributed by atoms with Gasteiger partial charge >= 0.3 is 5.69 Å². The van der Waals surface area contributed by atoms with E-state index in [2.05, 4.69) is 42.5 Å². The van der Waals surface area contributed by atoms with Gasteiger partial charge in [-0.2, -0.15) is 0 Å². The van der Waals surface area contributed by atoms with Crippen LogP contribution in [0.15, 0.2) is 28.4 Å². The summed E-state index contributed by atoms with van der Waals surface area (Å²) in [6, 6.07) is 3.19. The van der Waals surface area contributed by atoms with Gasteiger partial charge in [-0.3, -0.25) is 10.1 Å². The van der Waals surface area contributed by atoms with Crippen LogP contribution in [0.25, 0.3) is 11.0 Å². The summed E-state index contributed by atoms with van der Waals surface area (Å²) in [5, 5.41) is 32.8. The molecule has 1 aromatic heterocycles. The molecule has 3 saturated carbocycles. The van der Waals surface area contributed by atoms with Crippen molar-refractivity contribution in [1.29, 1.82) is 0 Å². The molecule has 0 amide bonds. The van der Waals surface area contributed by atoms with Gasteiger partial charge in [-0.25, -0.2) is 4.63 Å². The van der Waals surface area contributed by atoms with Crippen molar-refractivity contribution >= 4 is 22.4 Å². The first-order chi connectivity index (χ1) is 17.2. The average molecular weight is 495 g/mol. The Morgan fingerprint density at radius 3 is 2.78 bits per heavy atom. The van der Waals surface area contributed by atoms with Crippen LogP contribution in [0.5, 0.6) is 0 Å². The van der Waals surface area contributed by atoms with Gasteiger partial charge in [0.15, 0.2) is 5.52 Å². The van der Waals surface area contributed by atoms with E-state index < -0.39 is 4.92 Å². The van der Waals surface area contributed by atoms with Crippen LogP contribution in [0.3, 0.4) is 0 Å². The SMILES string of the molecule is CC(CNc1ccc([N+](=O)[O-])c2nonc12)[C@H]1CC[C@H]2[C@@H]3CC=C4C[C@@H](O)CC[C@]4(C)[C@H]3CC[C@]12C. The van der Waals surface area contributed by atoms with Gasteiger partial charge in [0.2, 0.25) is 5.52 Å². The van der Waals surface area contributed by atoms with Crippen molar-refractivity contribution in [3.05, 3.63) is 33.9 Å². The van der Waals surface area contributed by atoms with Crippen LogP contribution in [0.1, 0.15) is 72.1 Å². The van der Waals surface area contributed by atoms with E-state index >= 15 is 0 Å². The molecule has 1 heterocycles. The molecule has 4 aliphatic carbocycles. The van der Waals surface area contributed by atoms with Gasteiger partial charge in [0.05, 0.1) is 16.7 Å². The van der Waals surface area contributed by atoms with Gasteiger partial charge in [0.1, 0.15) is 0 Å². The number of fused-ring (bicyclic) bond motifs is 6. The molecule has 1 aromatic carbocycles. The molecule has 8 heteroatoms. The van der Waals surface area contributed by atoms with Crippen molar-refractivity contribution in [2.24, 2.45) is 40.4 Å². The first-order valence-corrected chi connectivity index (χ1v) is 13.7. The fourth-order valence-electron chi connectivity index (χ4n) is 9.17. The molecular formula is C28H38N4O4. The van der Waals surface area contributed by atoms with Crippen LogP contribution in [-0.4, -0.2) is 33.0 Å². The molecule has 2 N–H and O–H groups in total. The minimum absolute atomic E-state index is 0.0846. The third-order valence-electron chi connectivity index (χ3n) is 11.0. The lowest BCUT2D eigenvalue weighted by atomic mass is 9.47. The third kappa shape index (κ3) is 3.51. The molecular weight excluding hydrogens is 456 g/mol. The fourth-order valence-corrected chi connectivity index (χ4v) is 9.17. The van der Waals surface area contributed by atoms with Crippen LogP contribution in [0.4, 0.5) is 11.4 Å². The van der Waals surface area contributed by atoms with Crippen molar-refractivity contribution in [2.45, 2.75) is 78.2 Å². The second-order valence-corrected chi connectivity index (χ2v) is 12.6. The monoisotopic (exact) mass is 494 g/mol. The second kappa shape index (κ2) is 8.54. The van der Waals surface area contributed by atoms with Gasteiger partial charge in [-0.15, -0.1) is 0 Å². The summed E-state index contributed by atoms with van der Waals surface area (Å²) in [6.45, 7) is 8.19. The van der Waals surface area contributed by atoms with Crippen molar-refractivity contribution in [1.82, 2.24) is 10.3 Å². The summed E-state index contributed by atoms with van der Waals surface area (Å²) >= 11 is 0. The van der Waals surface area contributed by atoms with E-state index in [1.807, 2.05) is 0 Å². The highest BCUT2D eigenvalue weighted by Gasteiger charge is 2.59. The Balaban J connectivity index is 1.18. The summed E-state index contributed by atoms with van der Waals surface area (Å²) in [4.78, 5) is 10.9. The highest BCUT2D eigenvalue weighted by atomic mass is 16.6. The molecule has 1 unspecified atom stereocenters. The molecule has 3 fully saturated rings. The molecule has 194 valence electrons. The highest BCUT2D eigenvalue weighted by molar-refractivity contribution is 5.93. The smallest absolute Gasteiger partial charge is 0.300 e. The van der Waals surface area contributed by atoms with E-state index in [1.165, 1.54) is 43.7 Å². The maximum absolute atomic E-state index is 11.3. The number of nitrogens with one attached hydrogen (secondary N) is 1. The lowest BCUT2D eigenvalue weighted by Gasteiger charge is -2.58. The number of anilines is 1. The number of nitrogens with zero attached hydrogens (tertiary/aromatic N) is 3. The van der Waals surface area contributed by atoms with Crippen molar-refractivity contribution < 1.29 is 14.7 Å². The van der Waals surface area contributed by atoms with Gasteiger partial charge in [-0.05, 0) is 108 Å². The Labute approximate surface area is 212 Å². The minimum atomic E-state index is -0.450. The van der Waals surface area contributed by atoms with Crippen LogP contribution in [0, 0.1) is 50.5 Å².